The largest absolute Gasteiger partial charge is 0.416 e. The van der Waals surface area contributed by atoms with E-state index in [1.807, 2.05) is 18.7 Å². The molecular weight excluding hydrogens is 674 g/mol. The zero-order valence-electron chi connectivity index (χ0n) is 23.3. The summed E-state index contributed by atoms with van der Waals surface area (Å²) in [7, 11) is -3.51. The third kappa shape index (κ3) is 9.52. The summed E-state index contributed by atoms with van der Waals surface area (Å²) < 4.78 is 65.1. The Morgan fingerprint density at radius 2 is 1.71 bits per heavy atom. The summed E-state index contributed by atoms with van der Waals surface area (Å²) in [5.74, 6) is 0.0388. The maximum absolute atomic E-state index is 12.5. The van der Waals surface area contributed by atoms with Gasteiger partial charge in [0.1, 0.15) is 0 Å². The van der Waals surface area contributed by atoms with Crippen LogP contribution in [-0.2, 0) is 26.0 Å². The Hall–Kier alpha value is -1.96. The van der Waals surface area contributed by atoms with Crippen LogP contribution in [0.5, 0.6) is 0 Å². The van der Waals surface area contributed by atoms with Gasteiger partial charge in [-0.2, -0.15) is 35.5 Å². The molecule has 3 aliphatic rings. The fourth-order valence-corrected chi connectivity index (χ4v) is 6.97. The third-order valence-corrected chi connectivity index (χ3v) is 9.39. The second kappa shape index (κ2) is 15.5. The van der Waals surface area contributed by atoms with Crippen molar-refractivity contribution in [1.29, 1.82) is 5.26 Å². The first kappa shape index (κ1) is 35.2. The average Bonchev–Trinajstić information content (AvgIpc) is 3.42. The minimum Gasteiger partial charge on any atom is -0.352 e. The van der Waals surface area contributed by atoms with E-state index in [-0.39, 0.29) is 68.8 Å². The van der Waals surface area contributed by atoms with Gasteiger partial charge in [-0.25, -0.2) is 0 Å². The van der Waals surface area contributed by atoms with Gasteiger partial charge in [0.15, 0.2) is 0 Å². The van der Waals surface area contributed by atoms with Crippen LogP contribution in [-0.4, -0.2) is 73.5 Å². The second-order valence-electron chi connectivity index (χ2n) is 11.0. The summed E-state index contributed by atoms with van der Waals surface area (Å²) in [4.78, 5) is 24.8. The van der Waals surface area contributed by atoms with Crippen molar-refractivity contribution in [3.8, 4) is 6.07 Å². The Balaban J connectivity index is 0.000000409. The van der Waals surface area contributed by atoms with E-state index in [0.717, 1.165) is 50.9 Å². The van der Waals surface area contributed by atoms with E-state index >= 15 is 0 Å². The number of carbonyl (C=O) groups is 2. The first-order valence-electron chi connectivity index (χ1n) is 13.7. The van der Waals surface area contributed by atoms with Crippen molar-refractivity contribution < 1.29 is 32.6 Å². The quantitative estimate of drug-likeness (QED) is 0.317. The van der Waals surface area contributed by atoms with E-state index in [9.17, 15) is 31.2 Å². The fourth-order valence-electron chi connectivity index (χ4n) is 5.18. The van der Waals surface area contributed by atoms with Crippen LogP contribution in [0, 0.1) is 29.1 Å². The third-order valence-electron chi connectivity index (χ3n) is 7.45. The van der Waals surface area contributed by atoms with Crippen molar-refractivity contribution in [3.05, 3.63) is 35.4 Å². The smallest absolute Gasteiger partial charge is 0.352 e. The molecule has 2 atom stereocenters. The molecule has 0 bridgehead atoms. The molecule has 3 aliphatic heterocycles. The number of hydrogen-bond donors (Lipinski definition) is 1. The Labute approximate surface area is 259 Å². The molecule has 0 saturated carbocycles. The van der Waals surface area contributed by atoms with Crippen molar-refractivity contribution in [2.24, 2.45) is 17.8 Å². The van der Waals surface area contributed by atoms with Gasteiger partial charge in [-0.15, -0.1) is 24.0 Å². The summed E-state index contributed by atoms with van der Waals surface area (Å²) in [6.45, 7) is 6.90. The van der Waals surface area contributed by atoms with Crippen LogP contribution in [0.2, 0.25) is 0 Å². The van der Waals surface area contributed by atoms with Crippen LogP contribution in [0.25, 0.3) is 0 Å². The number of amides is 2. The lowest BCUT2D eigenvalue weighted by molar-refractivity contribution is -0.137. The lowest BCUT2D eigenvalue weighted by atomic mass is 9.96. The number of hydrogen-bond acceptors (Lipinski definition) is 5. The summed E-state index contributed by atoms with van der Waals surface area (Å²) in [5, 5.41) is 11.4. The van der Waals surface area contributed by atoms with Gasteiger partial charge in [-0.3, -0.25) is 9.59 Å². The van der Waals surface area contributed by atoms with E-state index in [1.54, 1.807) is 0 Å². The Morgan fingerprint density at radius 3 is 2.22 bits per heavy atom. The van der Waals surface area contributed by atoms with Gasteiger partial charge in [0, 0.05) is 40.7 Å². The highest BCUT2D eigenvalue weighted by atomic mass is 127. The van der Waals surface area contributed by atoms with Crippen molar-refractivity contribution in [1.82, 2.24) is 18.8 Å². The van der Waals surface area contributed by atoms with Gasteiger partial charge in [0.05, 0.1) is 29.5 Å². The van der Waals surface area contributed by atoms with Crippen LogP contribution >= 0.6 is 24.0 Å². The molecule has 1 aromatic rings. The van der Waals surface area contributed by atoms with Crippen LogP contribution in [0.4, 0.5) is 13.2 Å². The molecular formula is C27H41F3IN5O4S. The SMILES string of the molecule is CC(C)C[C@@H](NC=O)c1ccc(C(F)(F)F)cc1.I.N#CC1CN(S(=O)(=O)N2CCC[C@H](C(=O)N3CCCC3)C2)C1.[HH]. The molecule has 3 fully saturated rings. The lowest BCUT2D eigenvalue weighted by Crippen LogP contribution is -2.57. The van der Waals surface area contributed by atoms with Crippen molar-refractivity contribution >= 4 is 46.5 Å². The molecule has 2 amide bonds. The van der Waals surface area contributed by atoms with E-state index in [2.05, 4.69) is 11.4 Å². The number of benzene rings is 1. The van der Waals surface area contributed by atoms with Gasteiger partial charge >= 0.3 is 6.18 Å². The maximum atomic E-state index is 12.5. The van der Waals surface area contributed by atoms with E-state index in [4.69, 9.17) is 5.26 Å². The molecule has 0 aliphatic carbocycles. The number of piperidine rings is 1. The predicted molar refractivity (Wildman–Crippen MR) is 160 cm³/mol. The van der Waals surface area contributed by atoms with Crippen molar-refractivity contribution in [2.45, 2.75) is 58.2 Å². The molecule has 1 N–H and O–H groups in total. The highest BCUT2D eigenvalue weighted by molar-refractivity contribution is 14.0. The number of nitrogens with one attached hydrogen (secondary N) is 1. The zero-order valence-corrected chi connectivity index (χ0v) is 26.5. The maximum Gasteiger partial charge on any atom is 0.416 e. The summed E-state index contributed by atoms with van der Waals surface area (Å²) >= 11 is 0. The number of halogens is 4. The number of nitriles is 1. The van der Waals surface area contributed by atoms with Gasteiger partial charge in [-0.1, -0.05) is 26.0 Å². The molecule has 0 aromatic heterocycles. The van der Waals surface area contributed by atoms with Gasteiger partial charge in [0.25, 0.3) is 10.2 Å². The number of alkyl halides is 3. The van der Waals surface area contributed by atoms with Crippen molar-refractivity contribution in [3.63, 3.8) is 0 Å². The molecule has 232 valence electrons. The van der Waals surface area contributed by atoms with Crippen LogP contribution in [0.1, 0.15) is 64.5 Å². The van der Waals surface area contributed by atoms with E-state index in [1.165, 1.54) is 20.7 Å². The molecule has 0 spiro atoms. The molecule has 9 nitrogen and oxygen atoms in total. The number of likely N-dealkylation sites (tertiary alicyclic amines) is 1. The molecule has 41 heavy (non-hydrogen) atoms. The monoisotopic (exact) mass is 715 g/mol. The zero-order chi connectivity index (χ0) is 29.5. The Morgan fingerprint density at radius 1 is 1.10 bits per heavy atom. The lowest BCUT2D eigenvalue weighted by Gasteiger charge is -2.40. The Kier molecular flexibility index (Phi) is 13.3. The summed E-state index contributed by atoms with van der Waals surface area (Å²) in [5.41, 5.74) is 0.00412. The number of rotatable bonds is 8. The van der Waals surface area contributed by atoms with Crippen molar-refractivity contribution in [2.75, 3.05) is 39.3 Å². The molecule has 1 aromatic carbocycles. The number of carbonyl (C=O) groups excluding carboxylic acids is 2. The standard InChI is InChI=1S/C14H22N4O3S.C13H16F3NO.HI.H2/c15-8-12-9-18(10-12)22(20,21)17-7-3-4-13(11-17)14(19)16-5-1-2-6-16;1-9(2)7-12(17-8-18)10-3-5-11(6-4-10)13(14,15)16;;/h12-13H,1-7,9-11H2;3-6,8-9,12H,7H2,1-2H3,(H,17,18);2*1H/t13-;12-;;/m01../s1. The summed E-state index contributed by atoms with van der Waals surface area (Å²) in [6.07, 6.45) is 0.508. The number of nitrogens with zero attached hydrogens (tertiary/aromatic N) is 4. The average molecular weight is 716 g/mol. The second-order valence-corrected chi connectivity index (χ2v) is 12.9. The summed E-state index contributed by atoms with van der Waals surface area (Å²) in [6, 6.07) is 6.73. The minimum absolute atomic E-state index is 0. The topological polar surface area (TPSA) is 114 Å². The first-order chi connectivity index (χ1) is 18.9. The predicted octanol–water partition coefficient (Wildman–Crippen LogP) is 4.42. The Bertz CT molecular complexity index is 1160. The van der Waals surface area contributed by atoms with E-state index in [0.29, 0.717) is 30.9 Å². The van der Waals surface area contributed by atoms with Crippen LogP contribution in [0.15, 0.2) is 24.3 Å². The van der Waals surface area contributed by atoms with Gasteiger partial charge < -0.3 is 10.2 Å². The highest BCUT2D eigenvalue weighted by Gasteiger charge is 2.42. The highest BCUT2D eigenvalue weighted by Crippen LogP contribution is 2.31. The van der Waals surface area contributed by atoms with E-state index < -0.39 is 21.9 Å². The molecule has 0 radical (unpaired) electrons. The molecule has 3 heterocycles. The van der Waals surface area contributed by atoms with Gasteiger partial charge in [-0.05, 0) is 55.7 Å². The molecule has 14 heteroatoms. The minimum atomic E-state index is -4.33. The van der Waals surface area contributed by atoms with Gasteiger partial charge in [0.2, 0.25) is 12.3 Å². The molecule has 3 saturated heterocycles. The van der Waals surface area contributed by atoms with Crippen LogP contribution in [0.3, 0.4) is 0 Å². The normalized spacial score (nSPS) is 21.1. The fraction of sp³-hybridized carbons (Fsp3) is 0.667. The van der Waals surface area contributed by atoms with Crippen LogP contribution < -0.4 is 5.32 Å². The molecule has 0 unspecified atom stereocenters. The molecule has 4 rings (SSSR count). The first-order valence-corrected chi connectivity index (χ1v) is 15.1.